The van der Waals surface area contributed by atoms with E-state index < -0.39 is 0 Å². The van der Waals surface area contributed by atoms with E-state index in [0.29, 0.717) is 42.0 Å². The summed E-state index contributed by atoms with van der Waals surface area (Å²) in [4.78, 5) is 17.2. The van der Waals surface area contributed by atoms with Crippen LogP contribution in [-0.4, -0.2) is 30.7 Å². The summed E-state index contributed by atoms with van der Waals surface area (Å²) in [6.07, 6.45) is 0. The molecule has 1 aliphatic heterocycles. The van der Waals surface area contributed by atoms with Crippen molar-refractivity contribution in [3.05, 3.63) is 53.6 Å². The number of fused-ring (bicyclic) bond motifs is 2. The van der Waals surface area contributed by atoms with Gasteiger partial charge >= 0.3 is 0 Å². The monoisotopic (exact) mass is 422 g/mol. The number of anilines is 1. The number of aromatic nitrogens is 1. The molecule has 0 radical (unpaired) electrons. The van der Waals surface area contributed by atoms with Crippen LogP contribution < -0.4 is 19.5 Å². The van der Waals surface area contributed by atoms with E-state index in [1.807, 2.05) is 48.7 Å². The lowest BCUT2D eigenvalue weighted by atomic mass is 10.1. The minimum absolute atomic E-state index is 0.202. The zero-order chi connectivity index (χ0) is 20.5. The largest absolute Gasteiger partial charge is 0.490 e. The summed E-state index contributed by atoms with van der Waals surface area (Å²) in [5.41, 5.74) is 2.19. The Morgan fingerprint density at radius 2 is 2.03 bits per heavy atom. The lowest BCUT2D eigenvalue weighted by Crippen LogP contribution is -2.15. The van der Waals surface area contributed by atoms with Crippen molar-refractivity contribution in [1.29, 1.82) is 0 Å². The number of para-hydroxylation sites is 1. The van der Waals surface area contributed by atoms with Crippen molar-refractivity contribution >= 4 is 33.3 Å². The molecule has 30 heavy (non-hydrogen) atoms. The highest BCUT2D eigenvalue weighted by atomic mass is 32.1. The maximum Gasteiger partial charge on any atom is 0.293 e. The predicted molar refractivity (Wildman–Crippen MR) is 114 cm³/mol. The van der Waals surface area contributed by atoms with E-state index in [1.54, 1.807) is 6.07 Å². The SMILES string of the molecule is CCOc1cccc2cc(C(=O)Nc3nc(-c4ccc5c(c4)OCCO5)cs3)oc12. The first-order valence-electron chi connectivity index (χ1n) is 9.53. The van der Waals surface area contributed by atoms with E-state index >= 15 is 0 Å². The van der Waals surface area contributed by atoms with Crippen LogP contribution in [0.5, 0.6) is 17.2 Å². The molecule has 0 atom stereocenters. The average molecular weight is 422 g/mol. The molecule has 3 heterocycles. The van der Waals surface area contributed by atoms with E-state index in [0.717, 1.165) is 22.4 Å². The highest BCUT2D eigenvalue weighted by Crippen LogP contribution is 2.35. The average Bonchev–Trinajstić information content (AvgIpc) is 3.41. The third-order valence-electron chi connectivity index (χ3n) is 4.59. The van der Waals surface area contributed by atoms with Gasteiger partial charge in [0, 0.05) is 16.3 Å². The fraction of sp³-hybridized carbons (Fsp3) is 0.182. The molecule has 5 rings (SSSR count). The third kappa shape index (κ3) is 3.46. The Bertz CT molecular complexity index is 1230. The number of hydrogen-bond donors (Lipinski definition) is 1. The van der Waals surface area contributed by atoms with Gasteiger partial charge < -0.3 is 18.6 Å². The Hall–Kier alpha value is -3.52. The van der Waals surface area contributed by atoms with Gasteiger partial charge in [0.25, 0.3) is 5.91 Å². The van der Waals surface area contributed by atoms with Gasteiger partial charge in [-0.25, -0.2) is 4.98 Å². The van der Waals surface area contributed by atoms with Gasteiger partial charge in [-0.15, -0.1) is 11.3 Å². The maximum atomic E-state index is 12.7. The van der Waals surface area contributed by atoms with Crippen molar-refractivity contribution in [3.63, 3.8) is 0 Å². The molecular formula is C22H18N2O5S. The molecule has 0 fully saturated rings. The quantitative estimate of drug-likeness (QED) is 0.488. The summed E-state index contributed by atoms with van der Waals surface area (Å²) in [6.45, 7) is 3.49. The number of amides is 1. The fourth-order valence-electron chi connectivity index (χ4n) is 3.24. The van der Waals surface area contributed by atoms with E-state index in [-0.39, 0.29) is 11.7 Å². The number of carbonyl (C=O) groups excluding carboxylic acids is 1. The number of rotatable bonds is 5. The van der Waals surface area contributed by atoms with Crippen LogP contribution in [0.15, 0.2) is 52.3 Å². The molecule has 7 nitrogen and oxygen atoms in total. The second-order valence-electron chi connectivity index (χ2n) is 6.57. The van der Waals surface area contributed by atoms with Gasteiger partial charge in [-0.2, -0.15) is 0 Å². The van der Waals surface area contributed by atoms with E-state index in [4.69, 9.17) is 18.6 Å². The Balaban J connectivity index is 1.36. The summed E-state index contributed by atoms with van der Waals surface area (Å²) in [6, 6.07) is 12.9. The van der Waals surface area contributed by atoms with Gasteiger partial charge in [-0.05, 0) is 37.3 Å². The first-order valence-corrected chi connectivity index (χ1v) is 10.4. The lowest BCUT2D eigenvalue weighted by Gasteiger charge is -2.18. The third-order valence-corrected chi connectivity index (χ3v) is 5.35. The van der Waals surface area contributed by atoms with Crippen LogP contribution in [0.1, 0.15) is 17.5 Å². The van der Waals surface area contributed by atoms with Gasteiger partial charge in [-0.1, -0.05) is 12.1 Å². The zero-order valence-electron chi connectivity index (χ0n) is 16.1. The summed E-state index contributed by atoms with van der Waals surface area (Å²) >= 11 is 1.34. The number of nitrogens with one attached hydrogen (secondary N) is 1. The number of furan rings is 1. The molecule has 2 aromatic carbocycles. The van der Waals surface area contributed by atoms with E-state index in [1.165, 1.54) is 11.3 Å². The first-order chi connectivity index (χ1) is 14.7. The molecule has 1 aliphatic rings. The summed E-state index contributed by atoms with van der Waals surface area (Å²) in [5, 5.41) is 5.97. The Labute approximate surface area is 176 Å². The van der Waals surface area contributed by atoms with E-state index in [9.17, 15) is 4.79 Å². The van der Waals surface area contributed by atoms with Gasteiger partial charge in [0.2, 0.25) is 0 Å². The van der Waals surface area contributed by atoms with Gasteiger partial charge in [0.05, 0.1) is 12.3 Å². The van der Waals surface area contributed by atoms with Crippen LogP contribution in [0.2, 0.25) is 0 Å². The molecule has 0 bridgehead atoms. The lowest BCUT2D eigenvalue weighted by molar-refractivity contribution is 0.0998. The fourth-order valence-corrected chi connectivity index (χ4v) is 3.96. The van der Waals surface area contributed by atoms with Gasteiger partial charge in [0.15, 0.2) is 33.7 Å². The molecule has 8 heteroatoms. The predicted octanol–water partition coefficient (Wildman–Crippen LogP) is 4.98. The van der Waals surface area contributed by atoms with Crippen molar-refractivity contribution in [3.8, 4) is 28.5 Å². The molecule has 0 saturated heterocycles. The highest BCUT2D eigenvalue weighted by Gasteiger charge is 2.18. The Kier molecular flexibility index (Phi) is 4.76. The topological polar surface area (TPSA) is 82.8 Å². The molecule has 1 amide bonds. The van der Waals surface area contributed by atoms with Crippen LogP contribution in [0.4, 0.5) is 5.13 Å². The van der Waals surface area contributed by atoms with Gasteiger partial charge in [0.1, 0.15) is 13.2 Å². The molecule has 2 aromatic heterocycles. The van der Waals surface area contributed by atoms with Crippen molar-refractivity contribution in [1.82, 2.24) is 4.98 Å². The summed E-state index contributed by atoms with van der Waals surface area (Å²) < 4.78 is 22.5. The molecule has 0 spiro atoms. The number of benzene rings is 2. The van der Waals surface area contributed by atoms with Crippen LogP contribution in [0.25, 0.3) is 22.2 Å². The van der Waals surface area contributed by atoms with Crippen molar-refractivity contribution in [2.45, 2.75) is 6.92 Å². The summed E-state index contributed by atoms with van der Waals surface area (Å²) in [7, 11) is 0. The van der Waals surface area contributed by atoms with E-state index in [2.05, 4.69) is 10.3 Å². The number of hydrogen-bond acceptors (Lipinski definition) is 7. The zero-order valence-corrected chi connectivity index (χ0v) is 17.0. The highest BCUT2D eigenvalue weighted by molar-refractivity contribution is 7.14. The summed E-state index contributed by atoms with van der Waals surface area (Å²) in [5.74, 6) is 1.88. The minimum atomic E-state index is -0.364. The number of carbonyl (C=O) groups is 1. The van der Waals surface area contributed by atoms with Crippen molar-refractivity contribution < 1.29 is 23.4 Å². The number of ether oxygens (including phenoxy) is 3. The molecule has 0 saturated carbocycles. The first kappa shape index (κ1) is 18.5. The van der Waals surface area contributed by atoms with Crippen LogP contribution >= 0.6 is 11.3 Å². The van der Waals surface area contributed by atoms with Crippen molar-refractivity contribution in [2.24, 2.45) is 0 Å². The number of nitrogens with zero attached hydrogens (tertiary/aromatic N) is 1. The second-order valence-corrected chi connectivity index (χ2v) is 7.43. The standard InChI is InChI=1S/C22H18N2O5S/c1-2-26-17-5-3-4-14-11-19(29-20(14)17)21(25)24-22-23-15(12-30-22)13-6-7-16-18(10-13)28-9-8-27-16/h3-7,10-12H,2,8-9H2,1H3,(H,23,24,25). The van der Waals surface area contributed by atoms with Gasteiger partial charge in [-0.3, -0.25) is 10.1 Å². The molecule has 1 N–H and O–H groups in total. The van der Waals surface area contributed by atoms with Crippen LogP contribution in [0, 0.1) is 0 Å². The number of thiazole rings is 1. The molecule has 4 aromatic rings. The molecule has 152 valence electrons. The van der Waals surface area contributed by atoms with Crippen LogP contribution in [-0.2, 0) is 0 Å². The van der Waals surface area contributed by atoms with Crippen molar-refractivity contribution in [2.75, 3.05) is 25.1 Å². The molecule has 0 unspecified atom stereocenters. The Morgan fingerprint density at radius 1 is 1.17 bits per heavy atom. The smallest absolute Gasteiger partial charge is 0.293 e. The second kappa shape index (κ2) is 7.72. The molecular weight excluding hydrogens is 404 g/mol. The minimum Gasteiger partial charge on any atom is -0.490 e. The maximum absolute atomic E-state index is 12.7. The normalized spacial score (nSPS) is 12.7. The molecule has 0 aliphatic carbocycles. The Morgan fingerprint density at radius 3 is 2.90 bits per heavy atom. The van der Waals surface area contributed by atoms with Crippen LogP contribution in [0.3, 0.4) is 0 Å².